The second-order valence-corrected chi connectivity index (χ2v) is 8.41. The number of carbonyl (C=O) groups is 1. The van der Waals surface area contributed by atoms with E-state index in [4.69, 9.17) is 44.1 Å². The van der Waals surface area contributed by atoms with Gasteiger partial charge in [0.15, 0.2) is 5.96 Å². The number of thiophene rings is 1. The van der Waals surface area contributed by atoms with Crippen LogP contribution in [0.5, 0.6) is 5.75 Å². The van der Waals surface area contributed by atoms with E-state index in [0.29, 0.717) is 37.7 Å². The van der Waals surface area contributed by atoms with Crippen LogP contribution in [-0.4, -0.2) is 56.2 Å². The highest BCUT2D eigenvalue weighted by molar-refractivity contribution is 7.20. The Kier molecular flexibility index (Phi) is 7.14. The van der Waals surface area contributed by atoms with E-state index in [1.54, 1.807) is 18.2 Å². The van der Waals surface area contributed by atoms with Gasteiger partial charge in [-0.25, -0.2) is 0 Å². The minimum absolute atomic E-state index is 0.297. The van der Waals surface area contributed by atoms with E-state index in [0.717, 1.165) is 32.8 Å². The van der Waals surface area contributed by atoms with Gasteiger partial charge in [0, 0.05) is 30.8 Å². The van der Waals surface area contributed by atoms with E-state index in [-0.39, 0.29) is 5.96 Å². The average molecular weight is 443 g/mol. The quantitative estimate of drug-likeness (QED) is 0.526. The maximum absolute atomic E-state index is 12.3. The Morgan fingerprint density at radius 2 is 1.96 bits per heavy atom. The second-order valence-electron chi connectivity index (χ2n) is 6.13. The molecule has 0 unspecified atom stereocenters. The van der Waals surface area contributed by atoms with Crippen molar-refractivity contribution in [3.05, 3.63) is 38.5 Å². The summed E-state index contributed by atoms with van der Waals surface area (Å²) >= 11 is 13.6. The summed E-state index contributed by atoms with van der Waals surface area (Å²) in [5.41, 5.74) is 12.4. The second kappa shape index (κ2) is 9.58. The van der Waals surface area contributed by atoms with Crippen molar-refractivity contribution in [3.63, 3.8) is 0 Å². The summed E-state index contributed by atoms with van der Waals surface area (Å²) in [7, 11) is 0. The molecule has 0 saturated carbocycles. The molecule has 0 atom stereocenters. The Labute approximate surface area is 176 Å². The first-order valence-electron chi connectivity index (χ1n) is 8.59. The number of nitrogens with two attached hydrogens (primary N) is 2. The third-order valence-electron chi connectivity index (χ3n) is 4.13. The van der Waals surface area contributed by atoms with Crippen LogP contribution in [0.2, 0.25) is 8.67 Å². The third kappa shape index (κ3) is 5.59. The van der Waals surface area contributed by atoms with Gasteiger partial charge in [0.2, 0.25) is 0 Å². The first kappa shape index (κ1) is 20.9. The highest BCUT2D eigenvalue weighted by Crippen LogP contribution is 2.39. The molecule has 3 rings (SSSR count). The molecule has 4 N–H and O–H groups in total. The number of amides is 1. The summed E-state index contributed by atoms with van der Waals surface area (Å²) in [6.07, 6.45) is 0. The van der Waals surface area contributed by atoms with Gasteiger partial charge in [0.25, 0.3) is 5.91 Å². The van der Waals surface area contributed by atoms with Gasteiger partial charge in [0.1, 0.15) is 16.7 Å². The van der Waals surface area contributed by atoms with E-state index in [9.17, 15) is 4.79 Å². The van der Waals surface area contributed by atoms with Crippen molar-refractivity contribution in [1.82, 2.24) is 4.90 Å². The van der Waals surface area contributed by atoms with Crippen LogP contribution in [0.3, 0.4) is 0 Å². The van der Waals surface area contributed by atoms with Crippen LogP contribution in [0.1, 0.15) is 10.4 Å². The van der Waals surface area contributed by atoms with Gasteiger partial charge in [0.05, 0.1) is 17.6 Å². The molecule has 1 fully saturated rings. The van der Waals surface area contributed by atoms with Crippen LogP contribution in [0.15, 0.2) is 29.3 Å². The zero-order valence-corrected chi connectivity index (χ0v) is 17.3. The minimum atomic E-state index is -0.558. The molecule has 1 aliphatic rings. The number of aliphatic imine (C=N–C) groups is 1. The molecule has 2 heterocycles. The Morgan fingerprint density at radius 3 is 2.61 bits per heavy atom. The highest BCUT2D eigenvalue weighted by atomic mass is 35.5. The fourth-order valence-electron chi connectivity index (χ4n) is 2.80. The number of nitrogens with zero attached hydrogens (tertiary/aromatic N) is 2. The fraction of sp³-hybridized carbons (Fsp3) is 0.333. The molecule has 7 nitrogen and oxygen atoms in total. The van der Waals surface area contributed by atoms with Crippen molar-refractivity contribution >= 4 is 46.4 Å². The van der Waals surface area contributed by atoms with Gasteiger partial charge in [-0.2, -0.15) is 4.99 Å². The van der Waals surface area contributed by atoms with E-state index in [1.165, 1.54) is 11.3 Å². The monoisotopic (exact) mass is 442 g/mol. The average Bonchev–Trinajstić information content (AvgIpc) is 3.00. The van der Waals surface area contributed by atoms with Gasteiger partial charge in [-0.05, 0) is 29.8 Å². The first-order chi connectivity index (χ1) is 13.4. The van der Waals surface area contributed by atoms with Crippen LogP contribution < -0.4 is 16.2 Å². The van der Waals surface area contributed by atoms with Gasteiger partial charge in [-0.3, -0.25) is 9.69 Å². The molecular weight excluding hydrogens is 423 g/mol. The van der Waals surface area contributed by atoms with Crippen LogP contribution in [0.4, 0.5) is 0 Å². The Morgan fingerprint density at radius 1 is 1.21 bits per heavy atom. The van der Waals surface area contributed by atoms with Crippen LogP contribution in [0, 0.1) is 0 Å². The van der Waals surface area contributed by atoms with Crippen molar-refractivity contribution in [1.29, 1.82) is 0 Å². The largest absolute Gasteiger partial charge is 0.492 e. The first-order valence-corrected chi connectivity index (χ1v) is 10.2. The number of halogens is 2. The summed E-state index contributed by atoms with van der Waals surface area (Å²) in [6.45, 7) is 4.43. The molecule has 1 aromatic heterocycles. The van der Waals surface area contributed by atoms with Crippen molar-refractivity contribution in [2.75, 3.05) is 39.5 Å². The maximum Gasteiger partial charge on any atom is 0.280 e. The molecule has 150 valence electrons. The topological polar surface area (TPSA) is 103 Å². The number of rotatable bonds is 6. The molecule has 1 aromatic carbocycles. The SMILES string of the molecule is NC(N)=NC(=O)c1cc(OCCN2CCOCC2)cc(-c2cc(Cl)sc2Cl)c1. The van der Waals surface area contributed by atoms with Crippen LogP contribution in [-0.2, 0) is 4.74 Å². The standard InChI is InChI=1S/C18H20Cl2N4O3S/c19-15-10-14(16(20)28-15)11-7-12(17(25)23-18(21)22)9-13(8-11)27-6-3-24-1-4-26-5-2-24/h7-10H,1-6H2,(H4,21,22,23,25). The Balaban J connectivity index is 1.83. The molecule has 2 aromatic rings. The molecule has 0 radical (unpaired) electrons. The smallest absolute Gasteiger partial charge is 0.280 e. The Hall–Kier alpha value is -1.84. The lowest BCUT2D eigenvalue weighted by molar-refractivity contribution is 0.0322. The molecule has 1 amide bonds. The number of carbonyl (C=O) groups excluding carboxylic acids is 1. The predicted octanol–water partition coefficient (Wildman–Crippen LogP) is 2.85. The fourth-order valence-corrected chi connectivity index (χ4v) is 4.30. The predicted molar refractivity (Wildman–Crippen MR) is 113 cm³/mol. The molecule has 0 bridgehead atoms. The summed E-state index contributed by atoms with van der Waals surface area (Å²) < 4.78 is 12.3. The molecule has 1 aliphatic heterocycles. The number of hydrogen-bond donors (Lipinski definition) is 2. The molecular formula is C18H20Cl2N4O3S. The van der Waals surface area contributed by atoms with Gasteiger partial charge in [-0.15, -0.1) is 11.3 Å². The van der Waals surface area contributed by atoms with Crippen molar-refractivity contribution in [2.24, 2.45) is 16.5 Å². The van der Waals surface area contributed by atoms with Gasteiger partial charge in [-0.1, -0.05) is 23.2 Å². The lowest BCUT2D eigenvalue weighted by atomic mass is 10.0. The zero-order chi connectivity index (χ0) is 20.1. The molecule has 0 aliphatic carbocycles. The lowest BCUT2D eigenvalue weighted by Gasteiger charge is -2.26. The zero-order valence-electron chi connectivity index (χ0n) is 15.0. The molecule has 0 spiro atoms. The third-order valence-corrected chi connectivity index (χ3v) is 5.62. The van der Waals surface area contributed by atoms with Crippen molar-refractivity contribution in [3.8, 4) is 16.9 Å². The van der Waals surface area contributed by atoms with Crippen LogP contribution in [0.25, 0.3) is 11.1 Å². The van der Waals surface area contributed by atoms with E-state index in [1.807, 2.05) is 6.07 Å². The highest BCUT2D eigenvalue weighted by Gasteiger charge is 2.15. The number of morpholine rings is 1. The van der Waals surface area contributed by atoms with Crippen molar-refractivity contribution in [2.45, 2.75) is 0 Å². The summed E-state index contributed by atoms with van der Waals surface area (Å²) in [6, 6.07) is 6.83. The maximum atomic E-state index is 12.3. The van der Waals surface area contributed by atoms with Crippen LogP contribution >= 0.6 is 34.5 Å². The number of benzene rings is 1. The summed E-state index contributed by atoms with van der Waals surface area (Å²) in [5, 5.41) is 0. The number of ether oxygens (including phenoxy) is 2. The van der Waals surface area contributed by atoms with Crippen molar-refractivity contribution < 1.29 is 14.3 Å². The summed E-state index contributed by atoms with van der Waals surface area (Å²) in [5.74, 6) is -0.336. The van der Waals surface area contributed by atoms with Gasteiger partial charge < -0.3 is 20.9 Å². The number of guanidine groups is 1. The Bertz CT molecular complexity index is 878. The lowest BCUT2D eigenvalue weighted by Crippen LogP contribution is -2.38. The van der Waals surface area contributed by atoms with E-state index in [2.05, 4.69) is 9.89 Å². The van der Waals surface area contributed by atoms with Gasteiger partial charge >= 0.3 is 0 Å². The normalized spacial score (nSPS) is 14.6. The summed E-state index contributed by atoms with van der Waals surface area (Å²) in [4.78, 5) is 18.2. The molecule has 10 heteroatoms. The molecule has 1 saturated heterocycles. The number of hydrogen-bond acceptors (Lipinski definition) is 5. The minimum Gasteiger partial charge on any atom is -0.492 e. The van der Waals surface area contributed by atoms with E-state index >= 15 is 0 Å². The van der Waals surface area contributed by atoms with E-state index < -0.39 is 5.91 Å². The molecule has 28 heavy (non-hydrogen) atoms.